The van der Waals surface area contributed by atoms with Crippen LogP contribution in [0, 0.1) is 0 Å². The van der Waals surface area contributed by atoms with Gasteiger partial charge in [0.2, 0.25) is 0 Å². The molecule has 0 spiro atoms. The minimum absolute atomic E-state index is 0.282. The summed E-state index contributed by atoms with van der Waals surface area (Å²) in [4.78, 5) is 23.9. The maximum atomic E-state index is 10.1. The van der Waals surface area contributed by atoms with E-state index < -0.39 is 0 Å². The highest BCUT2D eigenvalue weighted by Crippen LogP contribution is 1.92. The lowest BCUT2D eigenvalue weighted by atomic mass is 10.3. The molecule has 0 fully saturated rings. The molecule has 3 heteroatoms. The van der Waals surface area contributed by atoms with E-state index in [-0.39, 0.29) is 11.4 Å². The van der Waals surface area contributed by atoms with Crippen molar-refractivity contribution in [3.05, 3.63) is 29.6 Å². The van der Waals surface area contributed by atoms with Gasteiger partial charge in [0.05, 0.1) is 0 Å². The Bertz CT molecular complexity index is 235. The van der Waals surface area contributed by atoms with Crippen molar-refractivity contribution in [1.29, 1.82) is 0 Å². The van der Waals surface area contributed by atoms with Crippen molar-refractivity contribution in [3.8, 4) is 0 Å². The molecule has 0 aliphatic heterocycles. The molecule has 64 valence electrons. The molecule has 0 atom stereocenters. The number of nitrogens with zero attached hydrogens (tertiary/aromatic N) is 1. The molecule has 0 unspecified atom stereocenters. The zero-order valence-corrected chi connectivity index (χ0v) is 7.15. The third-order valence-corrected chi connectivity index (χ3v) is 1.03. The van der Waals surface area contributed by atoms with Gasteiger partial charge in [0.25, 0.3) is 0 Å². The molecule has 1 aromatic heterocycles. The largest absolute Gasteiger partial charge is 0.296 e. The number of carbonyl (C=O) groups is 2. The molecule has 3 nitrogen and oxygen atoms in total. The van der Waals surface area contributed by atoms with Gasteiger partial charge in [0, 0.05) is 0 Å². The Morgan fingerprint density at radius 2 is 1.50 bits per heavy atom. The van der Waals surface area contributed by atoms with E-state index in [0.717, 1.165) is 0 Å². The third-order valence-electron chi connectivity index (χ3n) is 1.03. The summed E-state index contributed by atoms with van der Waals surface area (Å²) >= 11 is 0. The van der Waals surface area contributed by atoms with Crippen LogP contribution in [0.3, 0.4) is 0 Å². The van der Waals surface area contributed by atoms with Gasteiger partial charge in [-0.25, -0.2) is 4.98 Å². The van der Waals surface area contributed by atoms with E-state index >= 15 is 0 Å². The van der Waals surface area contributed by atoms with E-state index in [2.05, 4.69) is 4.98 Å². The maximum absolute atomic E-state index is 10.1. The first-order valence-corrected chi connectivity index (χ1v) is 3.74. The molecule has 0 bridgehead atoms. The Morgan fingerprint density at radius 3 is 1.83 bits per heavy atom. The van der Waals surface area contributed by atoms with E-state index in [1.54, 1.807) is 18.2 Å². The van der Waals surface area contributed by atoms with E-state index in [9.17, 15) is 9.59 Å². The first-order chi connectivity index (χ1) is 5.86. The van der Waals surface area contributed by atoms with Crippen molar-refractivity contribution in [1.82, 2.24) is 4.98 Å². The standard InChI is InChI=1S/C7H5NO2.C2H6/c9-4-6-2-1-3-7(5-10)8-6;1-2/h1-5H;1-2H3. The first-order valence-electron chi connectivity index (χ1n) is 3.74. The molecule has 0 N–H and O–H groups in total. The van der Waals surface area contributed by atoms with Crippen molar-refractivity contribution in [2.24, 2.45) is 0 Å². The van der Waals surface area contributed by atoms with Crippen LogP contribution >= 0.6 is 0 Å². The minimum Gasteiger partial charge on any atom is -0.296 e. The van der Waals surface area contributed by atoms with Gasteiger partial charge in [-0.05, 0) is 12.1 Å². The van der Waals surface area contributed by atoms with Gasteiger partial charge < -0.3 is 0 Å². The second-order valence-electron chi connectivity index (χ2n) is 1.72. The smallest absolute Gasteiger partial charge is 0.168 e. The zero-order chi connectivity index (χ0) is 9.40. The van der Waals surface area contributed by atoms with Gasteiger partial charge in [0.15, 0.2) is 12.6 Å². The molecule has 0 aliphatic carbocycles. The number of hydrogen-bond donors (Lipinski definition) is 0. The molecule has 0 saturated carbocycles. The van der Waals surface area contributed by atoms with Gasteiger partial charge >= 0.3 is 0 Å². The van der Waals surface area contributed by atoms with Crippen LogP contribution in [0.4, 0.5) is 0 Å². The van der Waals surface area contributed by atoms with Crippen LogP contribution in [-0.2, 0) is 0 Å². The number of aromatic nitrogens is 1. The lowest BCUT2D eigenvalue weighted by Gasteiger charge is -1.88. The van der Waals surface area contributed by atoms with Crippen LogP contribution in [0.2, 0.25) is 0 Å². The second kappa shape index (κ2) is 6.22. The Kier molecular flexibility index (Phi) is 5.43. The predicted octanol–water partition coefficient (Wildman–Crippen LogP) is 1.73. The SMILES string of the molecule is CC.O=Cc1cccc(C=O)n1. The van der Waals surface area contributed by atoms with Crippen LogP contribution in [0.25, 0.3) is 0 Å². The maximum Gasteiger partial charge on any atom is 0.168 e. The molecule has 0 amide bonds. The van der Waals surface area contributed by atoms with Gasteiger partial charge in [-0.1, -0.05) is 19.9 Å². The molecule has 0 aromatic carbocycles. The van der Waals surface area contributed by atoms with Crippen molar-refractivity contribution in [2.75, 3.05) is 0 Å². The molecule has 0 aliphatic rings. The average Bonchev–Trinajstić information content (AvgIpc) is 2.21. The van der Waals surface area contributed by atoms with E-state index in [1.807, 2.05) is 13.8 Å². The van der Waals surface area contributed by atoms with Gasteiger partial charge in [-0.3, -0.25) is 9.59 Å². The molecular weight excluding hydrogens is 154 g/mol. The second-order valence-corrected chi connectivity index (χ2v) is 1.72. The Hall–Kier alpha value is -1.51. The van der Waals surface area contributed by atoms with Crippen molar-refractivity contribution in [2.45, 2.75) is 13.8 Å². The molecule has 1 heterocycles. The first kappa shape index (κ1) is 10.5. The van der Waals surface area contributed by atoms with Crippen molar-refractivity contribution >= 4 is 12.6 Å². The summed E-state index contributed by atoms with van der Waals surface area (Å²) < 4.78 is 0. The van der Waals surface area contributed by atoms with E-state index in [0.29, 0.717) is 12.6 Å². The van der Waals surface area contributed by atoms with Crippen molar-refractivity contribution < 1.29 is 9.59 Å². The van der Waals surface area contributed by atoms with Gasteiger partial charge in [-0.15, -0.1) is 0 Å². The third kappa shape index (κ3) is 3.05. The summed E-state index contributed by atoms with van der Waals surface area (Å²) in [5.74, 6) is 0. The van der Waals surface area contributed by atoms with Gasteiger partial charge in [0.1, 0.15) is 11.4 Å². The molecule has 12 heavy (non-hydrogen) atoms. The summed E-state index contributed by atoms with van der Waals surface area (Å²) in [6.45, 7) is 4.00. The highest BCUT2D eigenvalue weighted by atomic mass is 16.1. The molecule has 1 rings (SSSR count). The van der Waals surface area contributed by atoms with Crippen molar-refractivity contribution in [3.63, 3.8) is 0 Å². The van der Waals surface area contributed by atoms with Crippen LogP contribution < -0.4 is 0 Å². The molecule has 1 aromatic rings. The normalized spacial score (nSPS) is 7.83. The number of rotatable bonds is 2. The Morgan fingerprint density at radius 1 is 1.08 bits per heavy atom. The Balaban J connectivity index is 0.000000561. The summed E-state index contributed by atoms with van der Waals surface area (Å²) in [5, 5.41) is 0. The predicted molar refractivity (Wildman–Crippen MR) is 46.4 cm³/mol. The summed E-state index contributed by atoms with van der Waals surface area (Å²) in [6.07, 6.45) is 1.21. The molecular formula is C9H11NO2. The van der Waals surface area contributed by atoms with Crippen LogP contribution in [0.5, 0.6) is 0 Å². The van der Waals surface area contributed by atoms with E-state index in [4.69, 9.17) is 0 Å². The highest BCUT2D eigenvalue weighted by Gasteiger charge is 1.92. The van der Waals surface area contributed by atoms with Crippen LogP contribution in [-0.4, -0.2) is 17.6 Å². The summed E-state index contributed by atoms with van der Waals surface area (Å²) in [7, 11) is 0. The quantitative estimate of drug-likeness (QED) is 0.627. The monoisotopic (exact) mass is 165 g/mol. The number of carbonyl (C=O) groups excluding carboxylic acids is 2. The lowest BCUT2D eigenvalue weighted by molar-refractivity contribution is 0.111. The average molecular weight is 165 g/mol. The number of hydrogen-bond acceptors (Lipinski definition) is 3. The fraction of sp³-hybridized carbons (Fsp3) is 0.222. The summed E-state index contributed by atoms with van der Waals surface area (Å²) in [6, 6.07) is 4.69. The van der Waals surface area contributed by atoms with Crippen LogP contribution in [0.1, 0.15) is 34.8 Å². The highest BCUT2D eigenvalue weighted by molar-refractivity contribution is 5.76. The lowest BCUT2D eigenvalue weighted by Crippen LogP contribution is -1.90. The topological polar surface area (TPSA) is 47.0 Å². The fourth-order valence-corrected chi connectivity index (χ4v) is 0.600. The van der Waals surface area contributed by atoms with Crippen LogP contribution in [0.15, 0.2) is 18.2 Å². The summed E-state index contributed by atoms with van der Waals surface area (Å²) in [5.41, 5.74) is 0.564. The minimum atomic E-state index is 0.282. The molecule has 0 radical (unpaired) electrons. The fourth-order valence-electron chi connectivity index (χ4n) is 0.600. The number of aldehydes is 2. The number of pyridine rings is 1. The van der Waals surface area contributed by atoms with Gasteiger partial charge in [-0.2, -0.15) is 0 Å². The van der Waals surface area contributed by atoms with E-state index in [1.165, 1.54) is 0 Å². The Labute approximate surface area is 71.4 Å². The zero-order valence-electron chi connectivity index (χ0n) is 7.15. The molecule has 0 saturated heterocycles.